The molecule has 2 rings (SSSR count). The average molecular weight is 475 g/mol. The van der Waals surface area contributed by atoms with Crippen molar-refractivity contribution in [1.29, 1.82) is 0 Å². The fourth-order valence-electron chi connectivity index (χ4n) is 3.94. The van der Waals surface area contributed by atoms with E-state index < -0.39 is 12.0 Å². The highest BCUT2D eigenvalue weighted by Gasteiger charge is 2.37. The van der Waals surface area contributed by atoms with Crippen LogP contribution in [0.15, 0.2) is 18.3 Å². The first-order valence-electron chi connectivity index (χ1n) is 11.4. The maximum Gasteiger partial charge on any atom is 0.348 e. The lowest BCUT2D eigenvalue weighted by Crippen LogP contribution is -2.49. The van der Waals surface area contributed by atoms with E-state index in [0.717, 1.165) is 37.0 Å². The van der Waals surface area contributed by atoms with E-state index in [1.165, 1.54) is 0 Å². The number of aromatic carboxylic acids is 1. The van der Waals surface area contributed by atoms with Crippen molar-refractivity contribution in [2.75, 3.05) is 32.7 Å². The zero-order valence-corrected chi connectivity index (χ0v) is 21.8. The van der Waals surface area contributed by atoms with Gasteiger partial charge in [-0.05, 0) is 58.4 Å². The summed E-state index contributed by atoms with van der Waals surface area (Å²) in [6.07, 6.45) is 3.58. The van der Waals surface area contributed by atoms with Crippen LogP contribution in [-0.2, 0) is 9.53 Å². The number of carbonyl (C=O) groups excluding carboxylic acids is 1. The molecule has 33 heavy (non-hydrogen) atoms. The summed E-state index contributed by atoms with van der Waals surface area (Å²) in [5, 5.41) is 10.0. The first-order valence-corrected chi connectivity index (χ1v) is 12.3. The minimum Gasteiger partial charge on any atom is -0.477 e. The second-order valence-electron chi connectivity index (χ2n) is 10.2. The molecule has 1 saturated carbocycles. The number of carbonyl (C=O) groups is 2. The summed E-state index contributed by atoms with van der Waals surface area (Å²) in [5.74, 6) is 5.58. The number of hydrogen-bond acceptors (Lipinski definition) is 5. The van der Waals surface area contributed by atoms with Gasteiger partial charge in [0.2, 0.25) is 5.91 Å². The van der Waals surface area contributed by atoms with E-state index in [0.29, 0.717) is 22.2 Å². The molecule has 1 N–H and O–H groups in total. The SMILES string of the molecule is C=C([C@H](COC)N(C(=O)C1CCC(C)CC1)c1cc(C#CC(C)(C)C)sc1C(=O)O)N(C)C. The molecule has 7 heteroatoms. The first-order chi connectivity index (χ1) is 15.4. The highest BCUT2D eigenvalue weighted by molar-refractivity contribution is 7.15. The summed E-state index contributed by atoms with van der Waals surface area (Å²) in [6, 6.07) is 1.22. The van der Waals surface area contributed by atoms with Crippen LogP contribution in [0, 0.1) is 29.1 Å². The van der Waals surface area contributed by atoms with Gasteiger partial charge in [-0.2, -0.15) is 0 Å². The molecule has 0 bridgehead atoms. The van der Waals surface area contributed by atoms with Crippen molar-refractivity contribution in [2.45, 2.75) is 59.4 Å². The summed E-state index contributed by atoms with van der Waals surface area (Å²) >= 11 is 1.11. The maximum atomic E-state index is 13.9. The molecule has 0 aromatic carbocycles. The van der Waals surface area contributed by atoms with Gasteiger partial charge in [-0.3, -0.25) is 9.69 Å². The molecular weight excluding hydrogens is 436 g/mol. The second kappa shape index (κ2) is 11.2. The third-order valence-electron chi connectivity index (χ3n) is 5.92. The minimum absolute atomic E-state index is 0.0671. The van der Waals surface area contributed by atoms with Crippen LogP contribution in [0.3, 0.4) is 0 Å². The highest BCUT2D eigenvalue weighted by Crippen LogP contribution is 2.37. The molecule has 1 aromatic rings. The number of rotatable bonds is 8. The Labute approximate surface area is 202 Å². The molecule has 1 aromatic heterocycles. The third-order valence-corrected chi connectivity index (χ3v) is 6.95. The van der Waals surface area contributed by atoms with E-state index >= 15 is 0 Å². The van der Waals surface area contributed by atoms with Crippen molar-refractivity contribution in [3.8, 4) is 11.8 Å². The molecule has 1 heterocycles. The Morgan fingerprint density at radius 3 is 2.36 bits per heavy atom. The van der Waals surface area contributed by atoms with Gasteiger partial charge in [0.05, 0.1) is 23.2 Å². The van der Waals surface area contributed by atoms with Crippen LogP contribution in [-0.4, -0.2) is 55.7 Å². The lowest BCUT2D eigenvalue weighted by molar-refractivity contribution is -0.124. The lowest BCUT2D eigenvalue weighted by atomic mass is 9.82. The molecular formula is C26H38N2O4S. The largest absolute Gasteiger partial charge is 0.477 e. The minimum atomic E-state index is -1.07. The van der Waals surface area contributed by atoms with Gasteiger partial charge in [0, 0.05) is 38.2 Å². The third kappa shape index (κ3) is 7.09. The van der Waals surface area contributed by atoms with Gasteiger partial charge >= 0.3 is 5.97 Å². The van der Waals surface area contributed by atoms with Gasteiger partial charge in [-0.15, -0.1) is 11.3 Å². The van der Waals surface area contributed by atoms with E-state index in [1.807, 2.05) is 39.8 Å². The van der Waals surface area contributed by atoms with Gasteiger partial charge < -0.3 is 14.7 Å². The van der Waals surface area contributed by atoms with Crippen LogP contribution in [0.1, 0.15) is 67.9 Å². The Bertz CT molecular complexity index is 924. The quantitative estimate of drug-likeness (QED) is 0.531. The van der Waals surface area contributed by atoms with E-state index in [4.69, 9.17) is 4.74 Å². The van der Waals surface area contributed by atoms with Crippen molar-refractivity contribution < 1.29 is 19.4 Å². The molecule has 0 spiro atoms. The van der Waals surface area contributed by atoms with Crippen molar-refractivity contribution in [1.82, 2.24) is 4.90 Å². The number of anilines is 1. The van der Waals surface area contributed by atoms with Crippen molar-refractivity contribution in [3.63, 3.8) is 0 Å². The molecule has 1 aliphatic carbocycles. The smallest absolute Gasteiger partial charge is 0.348 e. The second-order valence-corrected chi connectivity index (χ2v) is 11.2. The average Bonchev–Trinajstić information content (AvgIpc) is 3.15. The predicted octanol–water partition coefficient (Wildman–Crippen LogP) is 5.09. The number of likely N-dealkylation sites (N-methyl/N-ethyl adjacent to an activating group) is 1. The van der Waals surface area contributed by atoms with Gasteiger partial charge in [0.15, 0.2) is 0 Å². The van der Waals surface area contributed by atoms with Gasteiger partial charge in [-0.25, -0.2) is 4.79 Å². The van der Waals surface area contributed by atoms with Crippen LogP contribution in [0.2, 0.25) is 0 Å². The Morgan fingerprint density at radius 1 is 1.27 bits per heavy atom. The summed E-state index contributed by atoms with van der Waals surface area (Å²) in [4.78, 5) is 30.4. The van der Waals surface area contributed by atoms with Crippen LogP contribution in [0.25, 0.3) is 0 Å². The van der Waals surface area contributed by atoms with Gasteiger partial charge in [0.1, 0.15) is 4.88 Å². The van der Waals surface area contributed by atoms with Crippen LogP contribution in [0.4, 0.5) is 5.69 Å². The monoisotopic (exact) mass is 474 g/mol. The number of carboxylic acids is 1. The molecule has 1 atom stereocenters. The summed E-state index contributed by atoms with van der Waals surface area (Å²) < 4.78 is 5.48. The Morgan fingerprint density at radius 2 is 1.88 bits per heavy atom. The molecule has 6 nitrogen and oxygen atoms in total. The zero-order chi connectivity index (χ0) is 24.9. The molecule has 0 saturated heterocycles. The summed E-state index contributed by atoms with van der Waals surface area (Å²) in [6.45, 7) is 12.6. The summed E-state index contributed by atoms with van der Waals surface area (Å²) in [5.41, 5.74) is 0.832. The van der Waals surface area contributed by atoms with Crippen molar-refractivity contribution in [2.24, 2.45) is 17.3 Å². The van der Waals surface area contributed by atoms with Crippen LogP contribution < -0.4 is 4.90 Å². The maximum absolute atomic E-state index is 13.9. The van der Waals surface area contributed by atoms with E-state index in [9.17, 15) is 14.7 Å². The molecule has 1 amide bonds. The fraction of sp³-hybridized carbons (Fsp3) is 0.615. The molecule has 0 radical (unpaired) electrons. The normalized spacial score (nSPS) is 19.2. The lowest BCUT2D eigenvalue weighted by Gasteiger charge is -2.38. The molecule has 0 aliphatic heterocycles. The zero-order valence-electron chi connectivity index (χ0n) is 21.0. The van der Waals surface area contributed by atoms with Crippen LogP contribution >= 0.6 is 11.3 Å². The molecule has 1 fully saturated rings. The number of ether oxygens (including phenoxy) is 1. The van der Waals surface area contributed by atoms with Crippen molar-refractivity contribution in [3.05, 3.63) is 28.1 Å². The number of nitrogens with zero attached hydrogens (tertiary/aromatic N) is 2. The predicted molar refractivity (Wildman–Crippen MR) is 135 cm³/mol. The Hall–Kier alpha value is -2.30. The Balaban J connectivity index is 2.64. The topological polar surface area (TPSA) is 70.1 Å². The number of thiophene rings is 1. The number of amides is 1. The number of carboxylic acid groups (broad SMARTS) is 1. The number of methoxy groups -OCH3 is 1. The fourth-order valence-corrected chi connectivity index (χ4v) is 4.79. The highest BCUT2D eigenvalue weighted by atomic mass is 32.1. The van der Waals surface area contributed by atoms with E-state index in [1.54, 1.807) is 18.1 Å². The molecule has 182 valence electrons. The van der Waals surface area contributed by atoms with Crippen molar-refractivity contribution >= 4 is 28.9 Å². The van der Waals surface area contributed by atoms with E-state index in [2.05, 4.69) is 25.3 Å². The summed E-state index contributed by atoms with van der Waals surface area (Å²) in [7, 11) is 5.30. The molecule has 0 unspecified atom stereocenters. The standard InChI is InChI=1S/C26H38N2O4S/c1-17-9-11-19(12-10-17)24(29)28(22(16-32-8)18(2)27(6)7)21-15-20(13-14-26(3,4)5)33-23(21)25(30)31/h15,17,19,22H,2,9-12,16H2,1,3-8H3,(H,30,31)/t17?,19?,22-/m0/s1. The molecule has 1 aliphatic rings. The Kier molecular flexibility index (Phi) is 9.16. The van der Waals surface area contributed by atoms with Gasteiger partial charge in [-0.1, -0.05) is 25.3 Å². The number of hydrogen-bond donors (Lipinski definition) is 1. The van der Waals surface area contributed by atoms with E-state index in [-0.39, 0.29) is 28.7 Å². The first kappa shape index (κ1) is 26.9. The van der Waals surface area contributed by atoms with Crippen LogP contribution in [0.5, 0.6) is 0 Å². The van der Waals surface area contributed by atoms with Gasteiger partial charge in [0.25, 0.3) is 0 Å².